The summed E-state index contributed by atoms with van der Waals surface area (Å²) in [6, 6.07) is 12.3. The van der Waals surface area contributed by atoms with Gasteiger partial charge in [-0.15, -0.1) is 10.2 Å². The largest absolute Gasteiger partial charge is 0.325 e. The zero-order chi connectivity index (χ0) is 20.4. The number of rotatable bonds is 6. The molecule has 0 radical (unpaired) electrons. The van der Waals surface area contributed by atoms with E-state index in [4.69, 9.17) is 0 Å². The van der Waals surface area contributed by atoms with Gasteiger partial charge in [0.25, 0.3) is 0 Å². The number of nitrogens with zero attached hydrogens (tertiary/aromatic N) is 4. The lowest BCUT2D eigenvalue weighted by Gasteiger charge is -2.22. The molecule has 0 fully saturated rings. The number of nitrogens with one attached hydrogen (secondary N) is 1. The summed E-state index contributed by atoms with van der Waals surface area (Å²) in [6.45, 7) is 3.40. The van der Waals surface area contributed by atoms with Crippen molar-refractivity contribution in [1.29, 1.82) is 0 Å². The molecular formula is C18H19N5O3S2. The van der Waals surface area contributed by atoms with Crippen LogP contribution in [0.25, 0.3) is 11.4 Å². The van der Waals surface area contributed by atoms with E-state index < -0.39 is 14.8 Å². The summed E-state index contributed by atoms with van der Waals surface area (Å²) in [5.74, 6) is -0.108. The van der Waals surface area contributed by atoms with Gasteiger partial charge < -0.3 is 5.32 Å². The smallest absolute Gasteiger partial charge is 0.240 e. The normalized spacial score (nSPS) is 12.0. The van der Waals surface area contributed by atoms with Crippen LogP contribution in [0.1, 0.15) is 13.8 Å². The third-order valence-electron chi connectivity index (χ3n) is 3.79. The SMILES string of the molecule is CC(C)(Sc1nnc(-c2ccncc2)n1S(C)(=O)=O)C(=O)Nc1ccccc1. The average molecular weight is 418 g/mol. The third kappa shape index (κ3) is 4.39. The lowest BCUT2D eigenvalue weighted by atomic mass is 10.2. The van der Waals surface area contributed by atoms with Gasteiger partial charge in [-0.1, -0.05) is 30.0 Å². The van der Waals surface area contributed by atoms with Gasteiger partial charge in [-0.2, -0.15) is 3.97 Å². The first-order chi connectivity index (χ1) is 13.2. The number of para-hydroxylation sites is 1. The minimum absolute atomic E-state index is 0.113. The molecule has 0 bridgehead atoms. The van der Waals surface area contributed by atoms with Crippen LogP contribution in [0.4, 0.5) is 5.69 Å². The second-order valence-electron chi connectivity index (χ2n) is 6.50. The van der Waals surface area contributed by atoms with Crippen molar-refractivity contribution in [3.63, 3.8) is 0 Å². The number of carbonyl (C=O) groups is 1. The molecule has 8 nitrogen and oxygen atoms in total. The topological polar surface area (TPSA) is 107 Å². The highest BCUT2D eigenvalue weighted by Crippen LogP contribution is 2.35. The summed E-state index contributed by atoms with van der Waals surface area (Å²) in [7, 11) is -3.71. The lowest BCUT2D eigenvalue weighted by Crippen LogP contribution is -2.34. The van der Waals surface area contributed by atoms with E-state index in [-0.39, 0.29) is 16.9 Å². The van der Waals surface area contributed by atoms with Crippen LogP contribution in [-0.2, 0) is 14.8 Å². The van der Waals surface area contributed by atoms with Gasteiger partial charge in [0.15, 0.2) is 5.82 Å². The van der Waals surface area contributed by atoms with Crippen molar-refractivity contribution in [2.75, 3.05) is 11.6 Å². The van der Waals surface area contributed by atoms with E-state index in [2.05, 4.69) is 20.5 Å². The first kappa shape index (κ1) is 20.0. The maximum Gasteiger partial charge on any atom is 0.240 e. The van der Waals surface area contributed by atoms with Crippen LogP contribution in [0.3, 0.4) is 0 Å². The molecule has 28 heavy (non-hydrogen) atoms. The average Bonchev–Trinajstić information content (AvgIpc) is 3.06. The molecule has 10 heteroatoms. The van der Waals surface area contributed by atoms with Crippen LogP contribution < -0.4 is 5.32 Å². The Morgan fingerprint density at radius 3 is 2.32 bits per heavy atom. The van der Waals surface area contributed by atoms with Crippen molar-refractivity contribution in [3.05, 3.63) is 54.9 Å². The highest BCUT2D eigenvalue weighted by atomic mass is 32.2. The molecule has 3 rings (SSSR count). The molecule has 0 aliphatic rings. The van der Waals surface area contributed by atoms with Crippen molar-refractivity contribution < 1.29 is 13.2 Å². The van der Waals surface area contributed by atoms with Gasteiger partial charge in [0.2, 0.25) is 21.1 Å². The Labute approximate surface area is 167 Å². The number of anilines is 1. The third-order valence-corrected chi connectivity index (χ3v) is 6.06. The number of hydrogen-bond donors (Lipinski definition) is 1. The maximum atomic E-state index is 12.7. The summed E-state index contributed by atoms with van der Waals surface area (Å²) >= 11 is 1.02. The first-order valence-electron chi connectivity index (χ1n) is 8.30. The fourth-order valence-corrected chi connectivity index (χ4v) is 4.52. The molecule has 2 heterocycles. The highest BCUT2D eigenvalue weighted by molar-refractivity contribution is 8.01. The molecule has 1 aromatic carbocycles. The summed E-state index contributed by atoms with van der Waals surface area (Å²) < 4.78 is 24.9. The predicted molar refractivity (Wildman–Crippen MR) is 109 cm³/mol. The number of amides is 1. The zero-order valence-electron chi connectivity index (χ0n) is 15.5. The van der Waals surface area contributed by atoms with Crippen LogP contribution in [0.5, 0.6) is 0 Å². The van der Waals surface area contributed by atoms with Crippen molar-refractivity contribution >= 4 is 33.4 Å². The summed E-state index contributed by atoms with van der Waals surface area (Å²) in [5, 5.41) is 11.0. The molecule has 3 aromatic rings. The van der Waals surface area contributed by atoms with E-state index in [0.29, 0.717) is 11.3 Å². The Hall–Kier alpha value is -2.72. The quantitative estimate of drug-likeness (QED) is 0.614. The van der Waals surface area contributed by atoms with Gasteiger partial charge >= 0.3 is 0 Å². The molecule has 0 spiro atoms. The molecule has 146 valence electrons. The monoisotopic (exact) mass is 417 g/mol. The molecule has 0 saturated carbocycles. The minimum atomic E-state index is -3.71. The molecule has 0 aliphatic carbocycles. The van der Waals surface area contributed by atoms with Gasteiger partial charge in [0.1, 0.15) is 0 Å². The minimum Gasteiger partial charge on any atom is -0.325 e. The number of pyridine rings is 1. The number of hydrogen-bond acceptors (Lipinski definition) is 7. The van der Waals surface area contributed by atoms with Gasteiger partial charge in [-0.3, -0.25) is 9.78 Å². The molecule has 1 amide bonds. The lowest BCUT2D eigenvalue weighted by molar-refractivity contribution is -0.117. The van der Waals surface area contributed by atoms with Gasteiger partial charge in [0, 0.05) is 23.6 Å². The Morgan fingerprint density at radius 1 is 1.07 bits per heavy atom. The fraction of sp³-hybridized carbons (Fsp3) is 0.222. The Balaban J connectivity index is 1.93. The van der Waals surface area contributed by atoms with E-state index in [1.807, 2.05) is 18.2 Å². The number of thioether (sulfide) groups is 1. The maximum absolute atomic E-state index is 12.7. The second kappa shape index (κ2) is 7.72. The number of carbonyl (C=O) groups excluding carboxylic acids is 1. The van der Waals surface area contributed by atoms with E-state index in [9.17, 15) is 13.2 Å². The molecule has 2 aromatic heterocycles. The molecule has 0 atom stereocenters. The fourth-order valence-electron chi connectivity index (χ4n) is 2.38. The number of benzene rings is 1. The molecule has 1 N–H and O–H groups in total. The first-order valence-corrected chi connectivity index (χ1v) is 11.0. The summed E-state index contributed by atoms with van der Waals surface area (Å²) in [5.41, 5.74) is 1.22. The van der Waals surface area contributed by atoms with Crippen LogP contribution >= 0.6 is 11.8 Å². The van der Waals surface area contributed by atoms with Crippen molar-refractivity contribution in [2.45, 2.75) is 23.8 Å². The molecule has 0 unspecified atom stereocenters. The van der Waals surface area contributed by atoms with E-state index in [0.717, 1.165) is 22.0 Å². The Morgan fingerprint density at radius 2 is 1.71 bits per heavy atom. The van der Waals surface area contributed by atoms with Gasteiger partial charge in [0.05, 0.1) is 11.0 Å². The van der Waals surface area contributed by atoms with E-state index in [1.54, 1.807) is 50.5 Å². The van der Waals surface area contributed by atoms with E-state index in [1.165, 1.54) is 0 Å². The molecule has 0 aliphatic heterocycles. The summed E-state index contributed by atoms with van der Waals surface area (Å²) in [6.07, 6.45) is 4.16. The van der Waals surface area contributed by atoms with Crippen LogP contribution in [0, 0.1) is 0 Å². The predicted octanol–water partition coefficient (Wildman–Crippen LogP) is 2.66. The van der Waals surface area contributed by atoms with Gasteiger partial charge in [-0.05, 0) is 38.1 Å². The number of aromatic nitrogens is 4. The van der Waals surface area contributed by atoms with Crippen LogP contribution in [-0.4, -0.2) is 44.5 Å². The van der Waals surface area contributed by atoms with Crippen molar-refractivity contribution in [2.24, 2.45) is 0 Å². The van der Waals surface area contributed by atoms with Crippen LogP contribution in [0.2, 0.25) is 0 Å². The van der Waals surface area contributed by atoms with Crippen LogP contribution in [0.15, 0.2) is 60.0 Å². The Kier molecular flexibility index (Phi) is 5.52. The molecule has 0 saturated heterocycles. The van der Waals surface area contributed by atoms with Gasteiger partial charge in [-0.25, -0.2) is 8.42 Å². The van der Waals surface area contributed by atoms with E-state index >= 15 is 0 Å². The van der Waals surface area contributed by atoms with Crippen molar-refractivity contribution in [1.82, 2.24) is 19.2 Å². The molecular weight excluding hydrogens is 398 g/mol. The summed E-state index contributed by atoms with van der Waals surface area (Å²) in [4.78, 5) is 16.7. The van der Waals surface area contributed by atoms with Crippen molar-refractivity contribution in [3.8, 4) is 11.4 Å². The standard InChI is InChI=1S/C18H19N5O3S2/c1-18(2,16(24)20-14-7-5-4-6-8-14)27-17-22-21-15(23(17)28(3,25)26)13-9-11-19-12-10-13/h4-12H,1-3H3,(H,20,24). The Bertz CT molecular complexity index is 1080. The zero-order valence-corrected chi connectivity index (χ0v) is 17.2. The second-order valence-corrected chi connectivity index (χ2v) is 9.92. The highest BCUT2D eigenvalue weighted by Gasteiger charge is 2.33.